The molecule has 1 N–H and O–H groups in total. The van der Waals surface area contributed by atoms with Gasteiger partial charge in [-0.25, -0.2) is 4.98 Å². The van der Waals surface area contributed by atoms with Gasteiger partial charge < -0.3 is 19.5 Å². The van der Waals surface area contributed by atoms with E-state index in [1.54, 1.807) is 6.92 Å². The molecule has 0 aliphatic carbocycles. The number of carbonyl (C=O) groups is 2. The highest BCUT2D eigenvalue weighted by atomic mass is 32.1. The lowest BCUT2D eigenvalue weighted by Crippen LogP contribution is -2.32. The van der Waals surface area contributed by atoms with Gasteiger partial charge >= 0.3 is 11.9 Å². The van der Waals surface area contributed by atoms with Gasteiger partial charge in [0.05, 0.1) is 12.3 Å². The van der Waals surface area contributed by atoms with Crippen molar-refractivity contribution in [3.05, 3.63) is 41.4 Å². The van der Waals surface area contributed by atoms with Crippen molar-refractivity contribution in [2.24, 2.45) is 11.3 Å². The summed E-state index contributed by atoms with van der Waals surface area (Å²) in [6.07, 6.45) is 1.01. The standard InChI is InChI=1S/C23H28N2O5S/c1-15(2)9-10-28-12-17-11-23(19(26)29-17)14-22(3,30-20(23)27)18-13-31-21(25-18)24-16-7-5-4-6-8-16/h4-8,13,15,17H,9-12,14H2,1-3H3,(H,24,25)/t17-,22+,23+/m1/s1. The number of nitrogens with one attached hydrogen (secondary N) is 1. The normalized spacial score (nSPS) is 27.7. The Kier molecular flexibility index (Phi) is 6.03. The van der Waals surface area contributed by atoms with Crippen LogP contribution in [0.4, 0.5) is 10.8 Å². The molecule has 3 atom stereocenters. The maximum absolute atomic E-state index is 12.9. The number of aromatic nitrogens is 1. The molecule has 0 saturated carbocycles. The minimum Gasteiger partial charge on any atom is -0.459 e. The maximum Gasteiger partial charge on any atom is 0.324 e. The summed E-state index contributed by atoms with van der Waals surface area (Å²) < 4.78 is 16.9. The second kappa shape index (κ2) is 8.59. The van der Waals surface area contributed by atoms with Gasteiger partial charge in [-0.15, -0.1) is 11.3 Å². The third kappa shape index (κ3) is 4.45. The number of ether oxygens (including phenoxy) is 3. The van der Waals surface area contributed by atoms with Gasteiger partial charge in [-0.05, 0) is 31.4 Å². The second-order valence-electron chi connectivity index (χ2n) is 8.90. The van der Waals surface area contributed by atoms with Crippen LogP contribution in [0.25, 0.3) is 0 Å². The summed E-state index contributed by atoms with van der Waals surface area (Å²) in [6.45, 7) is 6.97. The lowest BCUT2D eigenvalue weighted by molar-refractivity contribution is -0.160. The number of hydrogen-bond acceptors (Lipinski definition) is 8. The van der Waals surface area contributed by atoms with Crippen LogP contribution in [0.1, 0.15) is 45.7 Å². The van der Waals surface area contributed by atoms with E-state index in [2.05, 4.69) is 24.1 Å². The van der Waals surface area contributed by atoms with Gasteiger partial charge in [0.1, 0.15) is 6.10 Å². The molecule has 3 heterocycles. The molecule has 31 heavy (non-hydrogen) atoms. The molecule has 2 aliphatic rings. The minimum absolute atomic E-state index is 0.217. The SMILES string of the molecule is CC(C)CCOC[C@H]1C[C@]2(C[C@@](C)(c3csc(Nc4ccccc4)n3)OC2=O)C(=O)O1. The fraction of sp³-hybridized carbons (Fsp3) is 0.522. The Morgan fingerprint density at radius 1 is 1.26 bits per heavy atom. The van der Waals surface area contributed by atoms with Crippen LogP contribution in [0.3, 0.4) is 0 Å². The molecule has 2 saturated heterocycles. The molecular weight excluding hydrogens is 416 g/mol. The van der Waals surface area contributed by atoms with Crippen LogP contribution in [-0.2, 0) is 29.4 Å². The number of rotatable bonds is 8. The molecule has 1 aromatic carbocycles. The Morgan fingerprint density at radius 2 is 2.03 bits per heavy atom. The minimum atomic E-state index is -1.28. The molecule has 4 rings (SSSR count). The largest absolute Gasteiger partial charge is 0.459 e. The summed E-state index contributed by atoms with van der Waals surface area (Å²) in [5, 5.41) is 5.81. The van der Waals surface area contributed by atoms with Gasteiger partial charge in [0.2, 0.25) is 0 Å². The molecule has 1 spiro atoms. The first-order chi connectivity index (χ1) is 14.8. The lowest BCUT2D eigenvalue weighted by Gasteiger charge is -2.20. The first-order valence-corrected chi connectivity index (χ1v) is 11.5. The van der Waals surface area contributed by atoms with Gasteiger partial charge in [-0.2, -0.15) is 0 Å². The van der Waals surface area contributed by atoms with Crippen LogP contribution in [0.5, 0.6) is 0 Å². The van der Waals surface area contributed by atoms with Crippen molar-refractivity contribution in [2.45, 2.75) is 51.7 Å². The smallest absolute Gasteiger partial charge is 0.324 e. The molecule has 2 aromatic rings. The third-order valence-corrected chi connectivity index (χ3v) is 6.56. The predicted molar refractivity (Wildman–Crippen MR) is 117 cm³/mol. The van der Waals surface area contributed by atoms with Crippen molar-refractivity contribution in [3.8, 4) is 0 Å². The molecule has 2 fully saturated rings. The average Bonchev–Trinajstić information content (AvgIpc) is 3.38. The molecular formula is C23H28N2O5S. The summed E-state index contributed by atoms with van der Waals surface area (Å²) in [5.74, 6) is -0.505. The first kappa shape index (κ1) is 21.8. The summed E-state index contributed by atoms with van der Waals surface area (Å²) >= 11 is 1.43. The Labute approximate surface area is 186 Å². The maximum atomic E-state index is 12.9. The van der Waals surface area contributed by atoms with Crippen molar-refractivity contribution in [1.29, 1.82) is 0 Å². The zero-order valence-electron chi connectivity index (χ0n) is 18.1. The van der Waals surface area contributed by atoms with E-state index < -0.39 is 29.1 Å². The number of benzene rings is 1. The summed E-state index contributed by atoms with van der Waals surface area (Å²) in [7, 11) is 0. The molecule has 0 unspecified atom stereocenters. The summed E-state index contributed by atoms with van der Waals surface area (Å²) in [4.78, 5) is 30.2. The first-order valence-electron chi connectivity index (χ1n) is 10.6. The third-order valence-electron chi connectivity index (χ3n) is 5.80. The van der Waals surface area contributed by atoms with Gasteiger partial charge in [0.25, 0.3) is 0 Å². The highest BCUT2D eigenvalue weighted by Crippen LogP contribution is 2.52. The molecule has 1 aromatic heterocycles. The number of thiazole rings is 1. The van der Waals surface area contributed by atoms with E-state index in [0.29, 0.717) is 30.0 Å². The van der Waals surface area contributed by atoms with Crippen LogP contribution < -0.4 is 5.32 Å². The number of esters is 2. The quantitative estimate of drug-likeness (QED) is 0.366. The highest BCUT2D eigenvalue weighted by molar-refractivity contribution is 7.13. The molecule has 2 aliphatic heterocycles. The van der Waals surface area contributed by atoms with Crippen LogP contribution >= 0.6 is 11.3 Å². The topological polar surface area (TPSA) is 86.8 Å². The monoisotopic (exact) mass is 444 g/mol. The molecule has 0 amide bonds. The number of hydrogen-bond donors (Lipinski definition) is 1. The second-order valence-corrected chi connectivity index (χ2v) is 9.76. The Bertz CT molecular complexity index is 946. The molecule has 7 nitrogen and oxygen atoms in total. The Hall–Kier alpha value is -2.45. The Balaban J connectivity index is 1.43. The highest BCUT2D eigenvalue weighted by Gasteiger charge is 2.65. The zero-order valence-corrected chi connectivity index (χ0v) is 18.9. The molecule has 0 bridgehead atoms. The van der Waals surface area contributed by atoms with Crippen molar-refractivity contribution >= 4 is 34.1 Å². The number of cyclic esters (lactones) is 2. The number of para-hydroxylation sites is 1. The van der Waals surface area contributed by atoms with Crippen molar-refractivity contribution in [1.82, 2.24) is 4.98 Å². The molecule has 8 heteroatoms. The summed E-state index contributed by atoms with van der Waals surface area (Å²) in [6, 6.07) is 9.72. The van der Waals surface area contributed by atoms with Crippen LogP contribution in [0.15, 0.2) is 35.7 Å². The van der Waals surface area contributed by atoms with E-state index in [0.717, 1.165) is 12.1 Å². The van der Waals surface area contributed by atoms with E-state index in [1.165, 1.54) is 11.3 Å². The van der Waals surface area contributed by atoms with Gasteiger partial charge in [-0.1, -0.05) is 32.0 Å². The van der Waals surface area contributed by atoms with Gasteiger partial charge in [0.15, 0.2) is 16.1 Å². The van der Waals surface area contributed by atoms with E-state index in [4.69, 9.17) is 14.2 Å². The van der Waals surface area contributed by atoms with E-state index >= 15 is 0 Å². The zero-order chi connectivity index (χ0) is 22.1. The molecule has 0 radical (unpaired) electrons. The lowest BCUT2D eigenvalue weighted by atomic mass is 9.78. The number of carbonyl (C=O) groups excluding carboxylic acids is 2. The average molecular weight is 445 g/mol. The van der Waals surface area contributed by atoms with Crippen molar-refractivity contribution in [3.63, 3.8) is 0 Å². The van der Waals surface area contributed by atoms with Crippen LogP contribution in [0, 0.1) is 11.3 Å². The predicted octanol–water partition coefficient (Wildman–Crippen LogP) is 4.41. The number of anilines is 2. The molecule has 166 valence electrons. The van der Waals surface area contributed by atoms with Crippen molar-refractivity contribution in [2.75, 3.05) is 18.5 Å². The van der Waals surface area contributed by atoms with Gasteiger partial charge in [0, 0.05) is 30.5 Å². The summed E-state index contributed by atoms with van der Waals surface area (Å²) in [5.41, 5.74) is -0.702. The Morgan fingerprint density at radius 3 is 2.77 bits per heavy atom. The number of nitrogens with zero attached hydrogens (tertiary/aromatic N) is 1. The van der Waals surface area contributed by atoms with Crippen LogP contribution in [0.2, 0.25) is 0 Å². The van der Waals surface area contributed by atoms with E-state index in [9.17, 15) is 9.59 Å². The van der Waals surface area contributed by atoms with Crippen LogP contribution in [-0.4, -0.2) is 36.2 Å². The fourth-order valence-corrected chi connectivity index (χ4v) is 4.92. The van der Waals surface area contributed by atoms with Gasteiger partial charge in [-0.3, -0.25) is 9.59 Å². The van der Waals surface area contributed by atoms with E-state index in [-0.39, 0.29) is 12.8 Å². The van der Waals surface area contributed by atoms with E-state index in [1.807, 2.05) is 35.7 Å². The van der Waals surface area contributed by atoms with Crippen molar-refractivity contribution < 1.29 is 23.8 Å². The fourth-order valence-electron chi connectivity index (χ4n) is 4.06.